The summed E-state index contributed by atoms with van der Waals surface area (Å²) in [6, 6.07) is 2.99. The second-order valence-corrected chi connectivity index (χ2v) is 2.88. The maximum Gasteiger partial charge on any atom is 0.417 e. The molecule has 0 bridgehead atoms. The topological polar surface area (TPSA) is 64.3 Å². The van der Waals surface area contributed by atoms with Crippen LogP contribution in [-0.2, 0) is 6.18 Å². The Balaban J connectivity index is 3.33. The van der Waals surface area contributed by atoms with Gasteiger partial charge in [-0.15, -0.1) is 0 Å². The van der Waals surface area contributed by atoms with E-state index in [0.29, 0.717) is 0 Å². The molecule has 1 amide bonds. The van der Waals surface area contributed by atoms with Gasteiger partial charge in [-0.05, 0) is 18.2 Å². The second kappa shape index (κ2) is 4.40. The molecule has 3 N–H and O–H groups in total. The molecule has 0 unspecified atom stereocenters. The number of nitrogens with one attached hydrogen (secondary N) is 1. The lowest BCUT2D eigenvalue weighted by atomic mass is 10.1. The van der Waals surface area contributed by atoms with Crippen LogP contribution < -0.4 is 16.0 Å². The summed E-state index contributed by atoms with van der Waals surface area (Å²) in [7, 11) is 1.23. The quantitative estimate of drug-likeness (QED) is 0.460. The molecular weight excluding hydrogens is 225 g/mol. The zero-order valence-corrected chi connectivity index (χ0v) is 8.26. The van der Waals surface area contributed by atoms with Gasteiger partial charge >= 0.3 is 6.18 Å². The maximum atomic E-state index is 12.6. The Morgan fingerprint density at radius 2 is 2.06 bits per heavy atom. The standard InChI is InChI=1S/C9H9F3N2O2/c1-16-5-2-3-6(8(15)14-13)7(4-5)9(10,11)12/h2-4H,13H2,1H3,(H,14,15). The molecule has 0 heterocycles. The van der Waals surface area contributed by atoms with E-state index < -0.39 is 23.2 Å². The van der Waals surface area contributed by atoms with Crippen LogP contribution in [0.5, 0.6) is 5.75 Å². The average Bonchev–Trinajstić information content (AvgIpc) is 2.26. The van der Waals surface area contributed by atoms with Crippen molar-refractivity contribution in [1.29, 1.82) is 0 Å². The molecule has 16 heavy (non-hydrogen) atoms. The zero-order chi connectivity index (χ0) is 12.3. The molecule has 0 fully saturated rings. The van der Waals surface area contributed by atoms with Gasteiger partial charge < -0.3 is 4.74 Å². The Morgan fingerprint density at radius 3 is 2.50 bits per heavy atom. The number of alkyl halides is 3. The predicted molar refractivity (Wildman–Crippen MR) is 49.6 cm³/mol. The summed E-state index contributed by atoms with van der Waals surface area (Å²) in [4.78, 5) is 11.1. The number of nitrogens with two attached hydrogens (primary N) is 1. The van der Waals surface area contributed by atoms with E-state index >= 15 is 0 Å². The number of halogens is 3. The molecule has 0 aliphatic rings. The summed E-state index contributed by atoms with van der Waals surface area (Å²) in [6.07, 6.45) is -4.64. The van der Waals surface area contributed by atoms with E-state index in [1.54, 1.807) is 5.43 Å². The van der Waals surface area contributed by atoms with E-state index in [4.69, 9.17) is 5.84 Å². The Bertz CT molecular complexity index is 404. The van der Waals surface area contributed by atoms with E-state index in [0.717, 1.165) is 12.1 Å². The van der Waals surface area contributed by atoms with E-state index in [-0.39, 0.29) is 5.75 Å². The highest BCUT2D eigenvalue weighted by Crippen LogP contribution is 2.34. The molecular formula is C9H9F3N2O2. The third-order valence-electron chi connectivity index (χ3n) is 1.91. The lowest BCUT2D eigenvalue weighted by Crippen LogP contribution is -2.31. The molecule has 0 aromatic heterocycles. The van der Waals surface area contributed by atoms with Crippen LogP contribution in [0.1, 0.15) is 15.9 Å². The number of benzene rings is 1. The molecule has 0 radical (unpaired) electrons. The highest BCUT2D eigenvalue weighted by molar-refractivity contribution is 5.95. The van der Waals surface area contributed by atoms with Crippen molar-refractivity contribution < 1.29 is 22.7 Å². The molecule has 1 rings (SSSR count). The largest absolute Gasteiger partial charge is 0.497 e. The molecule has 0 aliphatic carbocycles. The molecule has 0 spiro atoms. The number of hydrazine groups is 1. The van der Waals surface area contributed by atoms with Crippen molar-refractivity contribution in [1.82, 2.24) is 5.43 Å². The summed E-state index contributed by atoms with van der Waals surface area (Å²) in [5.41, 5.74) is 0.0178. The number of nitrogen functional groups attached to an aromatic ring is 1. The minimum Gasteiger partial charge on any atom is -0.497 e. The minimum absolute atomic E-state index is 0.0147. The van der Waals surface area contributed by atoms with Gasteiger partial charge in [0.15, 0.2) is 0 Å². The SMILES string of the molecule is COc1ccc(C(=O)NN)c(C(F)(F)F)c1. The Labute approximate surface area is 89.2 Å². The highest BCUT2D eigenvalue weighted by Gasteiger charge is 2.35. The van der Waals surface area contributed by atoms with Gasteiger partial charge in [-0.2, -0.15) is 13.2 Å². The lowest BCUT2D eigenvalue weighted by Gasteiger charge is -2.12. The molecule has 4 nitrogen and oxygen atoms in total. The van der Waals surface area contributed by atoms with Gasteiger partial charge in [-0.1, -0.05) is 0 Å². The van der Waals surface area contributed by atoms with Gasteiger partial charge in [0.1, 0.15) is 5.75 Å². The number of amides is 1. The van der Waals surface area contributed by atoms with Gasteiger partial charge in [0.2, 0.25) is 0 Å². The number of methoxy groups -OCH3 is 1. The van der Waals surface area contributed by atoms with Crippen LogP contribution in [0, 0.1) is 0 Å². The first-order chi connectivity index (χ1) is 7.40. The zero-order valence-electron chi connectivity index (χ0n) is 8.26. The van der Waals surface area contributed by atoms with Crippen LogP contribution in [0.25, 0.3) is 0 Å². The van der Waals surface area contributed by atoms with Gasteiger partial charge in [0.25, 0.3) is 5.91 Å². The van der Waals surface area contributed by atoms with E-state index in [1.807, 2.05) is 0 Å². The van der Waals surface area contributed by atoms with E-state index in [9.17, 15) is 18.0 Å². The van der Waals surface area contributed by atoms with Crippen molar-refractivity contribution in [2.45, 2.75) is 6.18 Å². The van der Waals surface area contributed by atoms with Crippen LogP contribution in [0.3, 0.4) is 0 Å². The Hall–Kier alpha value is -1.76. The molecule has 0 saturated heterocycles. The monoisotopic (exact) mass is 234 g/mol. The fraction of sp³-hybridized carbons (Fsp3) is 0.222. The van der Waals surface area contributed by atoms with Crippen molar-refractivity contribution in [3.63, 3.8) is 0 Å². The van der Waals surface area contributed by atoms with Crippen molar-refractivity contribution >= 4 is 5.91 Å². The summed E-state index contributed by atoms with van der Waals surface area (Å²) >= 11 is 0. The first-order valence-electron chi connectivity index (χ1n) is 4.16. The normalized spacial score (nSPS) is 11.1. The van der Waals surface area contributed by atoms with Gasteiger partial charge in [-0.25, -0.2) is 5.84 Å². The van der Waals surface area contributed by atoms with Crippen LogP contribution in [-0.4, -0.2) is 13.0 Å². The molecule has 1 aromatic rings. The number of hydrogen-bond acceptors (Lipinski definition) is 3. The number of ether oxygens (including phenoxy) is 1. The molecule has 0 atom stereocenters. The van der Waals surface area contributed by atoms with Crippen LogP contribution >= 0.6 is 0 Å². The Kier molecular flexibility index (Phi) is 3.38. The van der Waals surface area contributed by atoms with Crippen LogP contribution in [0.15, 0.2) is 18.2 Å². The summed E-state index contributed by atoms with van der Waals surface area (Å²) in [5.74, 6) is 3.80. The first-order valence-corrected chi connectivity index (χ1v) is 4.16. The summed E-state index contributed by atoms with van der Waals surface area (Å²) < 4.78 is 42.4. The molecule has 0 saturated carbocycles. The third-order valence-corrected chi connectivity index (χ3v) is 1.91. The highest BCUT2D eigenvalue weighted by atomic mass is 19.4. The number of hydrogen-bond donors (Lipinski definition) is 2. The van der Waals surface area contributed by atoms with Crippen molar-refractivity contribution in [3.8, 4) is 5.75 Å². The molecule has 1 aromatic carbocycles. The minimum atomic E-state index is -4.64. The van der Waals surface area contributed by atoms with E-state index in [1.165, 1.54) is 13.2 Å². The van der Waals surface area contributed by atoms with Crippen molar-refractivity contribution in [2.24, 2.45) is 5.84 Å². The summed E-state index contributed by atoms with van der Waals surface area (Å²) in [6.45, 7) is 0. The van der Waals surface area contributed by atoms with E-state index in [2.05, 4.69) is 4.74 Å². The van der Waals surface area contributed by atoms with Crippen LogP contribution in [0.4, 0.5) is 13.2 Å². The lowest BCUT2D eigenvalue weighted by molar-refractivity contribution is -0.138. The van der Waals surface area contributed by atoms with Crippen molar-refractivity contribution in [2.75, 3.05) is 7.11 Å². The average molecular weight is 234 g/mol. The van der Waals surface area contributed by atoms with Crippen LogP contribution in [0.2, 0.25) is 0 Å². The maximum absolute atomic E-state index is 12.6. The molecule has 7 heteroatoms. The van der Waals surface area contributed by atoms with Crippen molar-refractivity contribution in [3.05, 3.63) is 29.3 Å². The third kappa shape index (κ3) is 2.43. The molecule has 0 aliphatic heterocycles. The number of carbonyl (C=O) groups is 1. The van der Waals surface area contributed by atoms with Gasteiger partial charge in [-0.3, -0.25) is 10.2 Å². The number of rotatable bonds is 2. The van der Waals surface area contributed by atoms with Gasteiger partial charge in [0, 0.05) is 0 Å². The van der Waals surface area contributed by atoms with Gasteiger partial charge in [0.05, 0.1) is 18.2 Å². The number of carbonyl (C=O) groups excluding carboxylic acids is 1. The predicted octanol–water partition coefficient (Wildman–Crippen LogP) is 1.32. The fourth-order valence-corrected chi connectivity index (χ4v) is 1.16. The first kappa shape index (κ1) is 12.3. The fourth-order valence-electron chi connectivity index (χ4n) is 1.16. The Morgan fingerprint density at radius 1 is 1.44 bits per heavy atom. The smallest absolute Gasteiger partial charge is 0.417 e. The second-order valence-electron chi connectivity index (χ2n) is 2.88. The summed E-state index contributed by atoms with van der Waals surface area (Å²) in [5, 5.41) is 0. The molecule has 88 valence electrons.